The Morgan fingerprint density at radius 1 is 1.12 bits per heavy atom. The highest BCUT2D eigenvalue weighted by molar-refractivity contribution is 5.98. The molecule has 0 amide bonds. The van der Waals surface area contributed by atoms with E-state index in [1.165, 1.54) is 6.92 Å². The van der Waals surface area contributed by atoms with Crippen LogP contribution < -0.4 is 5.32 Å². The van der Waals surface area contributed by atoms with E-state index in [4.69, 9.17) is 15.3 Å². The Bertz CT molecular complexity index is 274. The molecule has 0 bridgehead atoms. The highest BCUT2D eigenvalue weighted by atomic mass is 16.4. The van der Waals surface area contributed by atoms with Crippen molar-refractivity contribution in [2.75, 3.05) is 13.1 Å². The van der Waals surface area contributed by atoms with Gasteiger partial charge < -0.3 is 20.6 Å². The molecule has 4 N–H and O–H groups in total. The minimum Gasteiger partial charge on any atom is -0.481 e. The maximum Gasteiger partial charge on any atom is 0.322 e. The number of hydrogen-bond donors (Lipinski definition) is 4. The van der Waals surface area contributed by atoms with E-state index in [0.29, 0.717) is 0 Å². The van der Waals surface area contributed by atoms with Crippen molar-refractivity contribution < 1.29 is 29.7 Å². The largest absolute Gasteiger partial charge is 0.481 e. The van der Waals surface area contributed by atoms with Crippen molar-refractivity contribution in [1.29, 1.82) is 0 Å². The van der Waals surface area contributed by atoms with E-state index in [-0.39, 0.29) is 25.9 Å². The fraction of sp³-hybridized carbons (Fsp3) is 0.667. The minimum absolute atomic E-state index is 0.0393. The van der Waals surface area contributed by atoms with Gasteiger partial charge in [-0.2, -0.15) is 0 Å². The summed E-state index contributed by atoms with van der Waals surface area (Å²) in [6.45, 7) is 1.21. The quantitative estimate of drug-likeness (QED) is 0.332. The first-order chi connectivity index (χ1) is 7.36. The van der Waals surface area contributed by atoms with E-state index in [1.807, 2.05) is 0 Å². The lowest BCUT2D eigenvalue weighted by Gasteiger charge is -2.23. The molecule has 0 unspecified atom stereocenters. The fourth-order valence-electron chi connectivity index (χ4n) is 1.17. The third-order valence-electron chi connectivity index (χ3n) is 2.36. The van der Waals surface area contributed by atoms with Gasteiger partial charge in [0.25, 0.3) is 0 Å². The van der Waals surface area contributed by atoms with Gasteiger partial charge in [-0.05, 0) is 6.42 Å². The van der Waals surface area contributed by atoms with Crippen molar-refractivity contribution in [3.63, 3.8) is 0 Å². The number of rotatable bonds is 8. The van der Waals surface area contributed by atoms with Crippen LogP contribution in [0.1, 0.15) is 19.8 Å². The standard InChI is InChI=1S/C9H15NO6/c1-2-9(7(13)14,8(15)16)5-10-4-3-6(11)12/h10H,2-5H2,1H3,(H,11,12)(H,13,14)(H,15,16). The molecule has 0 heterocycles. The van der Waals surface area contributed by atoms with Gasteiger partial charge in [0.1, 0.15) is 0 Å². The molecule has 0 spiro atoms. The summed E-state index contributed by atoms with van der Waals surface area (Å²) >= 11 is 0. The van der Waals surface area contributed by atoms with E-state index in [1.54, 1.807) is 0 Å². The second kappa shape index (κ2) is 6.06. The Balaban J connectivity index is 4.39. The van der Waals surface area contributed by atoms with Crippen LogP contribution in [0.2, 0.25) is 0 Å². The zero-order valence-electron chi connectivity index (χ0n) is 8.89. The molecule has 16 heavy (non-hydrogen) atoms. The van der Waals surface area contributed by atoms with Crippen LogP contribution in [-0.2, 0) is 14.4 Å². The summed E-state index contributed by atoms with van der Waals surface area (Å²) in [5.74, 6) is -3.88. The SMILES string of the molecule is CCC(CNCCC(=O)O)(C(=O)O)C(=O)O. The molecule has 7 heteroatoms. The molecule has 92 valence electrons. The molecule has 0 saturated heterocycles. The Hall–Kier alpha value is -1.63. The summed E-state index contributed by atoms with van der Waals surface area (Å²) in [7, 11) is 0. The van der Waals surface area contributed by atoms with Crippen LogP contribution in [-0.4, -0.2) is 46.3 Å². The van der Waals surface area contributed by atoms with Crippen molar-refractivity contribution in [1.82, 2.24) is 5.32 Å². The Morgan fingerprint density at radius 3 is 1.94 bits per heavy atom. The molecule has 0 aliphatic carbocycles. The smallest absolute Gasteiger partial charge is 0.322 e. The maximum atomic E-state index is 10.9. The van der Waals surface area contributed by atoms with Crippen LogP contribution in [0.25, 0.3) is 0 Å². The van der Waals surface area contributed by atoms with Crippen molar-refractivity contribution >= 4 is 17.9 Å². The highest BCUT2D eigenvalue weighted by Crippen LogP contribution is 2.21. The second-order valence-corrected chi connectivity index (χ2v) is 3.37. The van der Waals surface area contributed by atoms with Crippen LogP contribution in [0.3, 0.4) is 0 Å². The van der Waals surface area contributed by atoms with E-state index in [0.717, 1.165) is 0 Å². The number of nitrogens with one attached hydrogen (secondary N) is 1. The van der Waals surface area contributed by atoms with Gasteiger partial charge in [0.05, 0.1) is 6.42 Å². The number of carboxylic acids is 3. The third kappa shape index (κ3) is 3.50. The Kier molecular flexibility index (Phi) is 5.44. The summed E-state index contributed by atoms with van der Waals surface area (Å²) < 4.78 is 0. The predicted octanol–water partition coefficient (Wildman–Crippen LogP) is -0.384. The molecule has 0 aliphatic heterocycles. The van der Waals surface area contributed by atoms with Gasteiger partial charge in [0.15, 0.2) is 5.41 Å². The van der Waals surface area contributed by atoms with Gasteiger partial charge in [-0.25, -0.2) is 0 Å². The predicted molar refractivity (Wildman–Crippen MR) is 53.1 cm³/mol. The van der Waals surface area contributed by atoms with Crippen molar-refractivity contribution in [2.45, 2.75) is 19.8 Å². The maximum absolute atomic E-state index is 10.9. The summed E-state index contributed by atoms with van der Waals surface area (Å²) in [4.78, 5) is 32.0. The van der Waals surface area contributed by atoms with Gasteiger partial charge in [-0.3, -0.25) is 14.4 Å². The van der Waals surface area contributed by atoms with Gasteiger partial charge in [0, 0.05) is 13.1 Å². The monoisotopic (exact) mass is 233 g/mol. The van der Waals surface area contributed by atoms with E-state index < -0.39 is 23.3 Å². The van der Waals surface area contributed by atoms with Crippen molar-refractivity contribution in [2.24, 2.45) is 5.41 Å². The molecule has 0 saturated carbocycles. The summed E-state index contributed by atoms with van der Waals surface area (Å²) in [6.07, 6.45) is -0.253. The van der Waals surface area contributed by atoms with Gasteiger partial charge in [-0.1, -0.05) is 6.92 Å². The Morgan fingerprint density at radius 2 is 1.62 bits per heavy atom. The van der Waals surface area contributed by atoms with Crippen LogP contribution in [0.15, 0.2) is 0 Å². The van der Waals surface area contributed by atoms with Crippen LogP contribution in [0.4, 0.5) is 0 Å². The average molecular weight is 233 g/mol. The zero-order chi connectivity index (χ0) is 12.8. The van der Waals surface area contributed by atoms with Crippen LogP contribution >= 0.6 is 0 Å². The number of aliphatic carboxylic acids is 3. The summed E-state index contributed by atoms with van der Waals surface area (Å²) in [5.41, 5.74) is -1.89. The summed E-state index contributed by atoms with van der Waals surface area (Å²) in [6, 6.07) is 0. The fourth-order valence-corrected chi connectivity index (χ4v) is 1.17. The molecule has 0 aromatic rings. The molecular weight excluding hydrogens is 218 g/mol. The molecular formula is C9H15NO6. The molecule has 0 fully saturated rings. The van der Waals surface area contributed by atoms with Gasteiger partial charge in [0.2, 0.25) is 0 Å². The van der Waals surface area contributed by atoms with Crippen molar-refractivity contribution in [3.05, 3.63) is 0 Å². The lowest BCUT2D eigenvalue weighted by Crippen LogP contribution is -2.47. The second-order valence-electron chi connectivity index (χ2n) is 3.37. The summed E-state index contributed by atoms with van der Waals surface area (Å²) in [5, 5.41) is 28.6. The number of carbonyl (C=O) groups is 3. The van der Waals surface area contributed by atoms with Crippen LogP contribution in [0, 0.1) is 5.41 Å². The van der Waals surface area contributed by atoms with E-state index >= 15 is 0 Å². The topological polar surface area (TPSA) is 124 Å². The minimum atomic E-state index is -1.89. The zero-order valence-corrected chi connectivity index (χ0v) is 8.89. The third-order valence-corrected chi connectivity index (χ3v) is 2.36. The molecule has 0 radical (unpaired) electrons. The Labute approximate surface area is 92.1 Å². The molecule has 7 nitrogen and oxygen atoms in total. The molecule has 0 atom stereocenters. The first kappa shape index (κ1) is 14.4. The van der Waals surface area contributed by atoms with Crippen molar-refractivity contribution in [3.8, 4) is 0 Å². The van der Waals surface area contributed by atoms with Gasteiger partial charge >= 0.3 is 17.9 Å². The first-order valence-electron chi connectivity index (χ1n) is 4.76. The van der Waals surface area contributed by atoms with E-state index in [9.17, 15) is 14.4 Å². The molecule has 0 aliphatic rings. The molecule has 0 aromatic heterocycles. The van der Waals surface area contributed by atoms with Gasteiger partial charge in [-0.15, -0.1) is 0 Å². The molecule has 0 rings (SSSR count). The normalized spacial score (nSPS) is 11.1. The van der Waals surface area contributed by atoms with E-state index in [2.05, 4.69) is 5.32 Å². The number of carboxylic acid groups (broad SMARTS) is 3. The lowest BCUT2D eigenvalue weighted by molar-refractivity contribution is -0.164. The lowest BCUT2D eigenvalue weighted by atomic mass is 9.85. The molecule has 0 aromatic carbocycles. The first-order valence-corrected chi connectivity index (χ1v) is 4.76. The highest BCUT2D eigenvalue weighted by Gasteiger charge is 2.44. The van der Waals surface area contributed by atoms with Crippen LogP contribution in [0.5, 0.6) is 0 Å². The number of hydrogen-bond acceptors (Lipinski definition) is 4. The average Bonchev–Trinajstić information content (AvgIpc) is 2.16.